The first-order chi connectivity index (χ1) is 8.75. The van der Waals surface area contributed by atoms with Crippen LogP contribution in [0.1, 0.15) is 39.4 Å². The number of hydrogen-bond donors (Lipinski definition) is 0. The van der Waals surface area contributed by atoms with Gasteiger partial charge >= 0.3 is 0 Å². The zero-order chi connectivity index (χ0) is 13.1. The Bertz CT molecular complexity index is 647. The summed E-state index contributed by atoms with van der Waals surface area (Å²) < 4.78 is 5.84. The molecule has 0 saturated carbocycles. The summed E-state index contributed by atoms with van der Waals surface area (Å²) in [5.41, 5.74) is 0.988. The molecule has 1 heterocycles. The number of fused-ring (bicyclic) bond motifs is 3. The molecule has 0 fully saturated rings. The third-order valence-electron chi connectivity index (χ3n) is 3.01. The highest BCUT2D eigenvalue weighted by molar-refractivity contribution is 6.05. The van der Waals surface area contributed by atoms with Crippen LogP contribution < -0.4 is 0 Å². The van der Waals surface area contributed by atoms with Crippen LogP contribution in [-0.4, -0.2) is 0 Å². The summed E-state index contributed by atoms with van der Waals surface area (Å²) in [7, 11) is 0. The second-order valence-electron chi connectivity index (χ2n) is 4.50. The molecule has 0 atom stereocenters. The average molecular weight is 240 g/mol. The fraction of sp³-hybridized carbons (Fsp3) is 0.294. The van der Waals surface area contributed by atoms with Gasteiger partial charge in [-0.3, -0.25) is 0 Å². The second-order valence-corrected chi connectivity index (χ2v) is 4.50. The Morgan fingerprint density at radius 1 is 0.889 bits per heavy atom. The Morgan fingerprint density at radius 2 is 1.61 bits per heavy atom. The van der Waals surface area contributed by atoms with E-state index in [1.807, 2.05) is 13.8 Å². The molecule has 0 bridgehead atoms. The highest BCUT2D eigenvalue weighted by Gasteiger charge is 2.09. The van der Waals surface area contributed by atoms with Crippen molar-refractivity contribution < 1.29 is 4.42 Å². The summed E-state index contributed by atoms with van der Waals surface area (Å²) in [5, 5.41) is 3.77. The number of hydrogen-bond acceptors (Lipinski definition) is 1. The Balaban J connectivity index is 0.000000574. The minimum absolute atomic E-state index is 0.436. The molecular formula is C17H20O. The van der Waals surface area contributed by atoms with Gasteiger partial charge in [0.2, 0.25) is 0 Å². The van der Waals surface area contributed by atoms with Gasteiger partial charge in [0.1, 0.15) is 11.3 Å². The van der Waals surface area contributed by atoms with Gasteiger partial charge in [-0.1, -0.05) is 58.0 Å². The number of benzene rings is 2. The molecule has 0 saturated heterocycles. The maximum atomic E-state index is 5.84. The van der Waals surface area contributed by atoms with Gasteiger partial charge in [-0.05, 0) is 22.9 Å². The molecule has 94 valence electrons. The Labute approximate surface area is 108 Å². The van der Waals surface area contributed by atoms with Gasteiger partial charge in [0.15, 0.2) is 0 Å². The van der Waals surface area contributed by atoms with Crippen molar-refractivity contribution in [2.45, 2.75) is 33.6 Å². The van der Waals surface area contributed by atoms with Crippen molar-refractivity contribution in [3.63, 3.8) is 0 Å². The summed E-state index contributed by atoms with van der Waals surface area (Å²) in [4.78, 5) is 0. The molecule has 2 aromatic carbocycles. The van der Waals surface area contributed by atoms with Crippen molar-refractivity contribution in [3.05, 3.63) is 48.2 Å². The smallest absolute Gasteiger partial charge is 0.134 e. The minimum Gasteiger partial charge on any atom is -0.461 e. The van der Waals surface area contributed by atoms with Crippen LogP contribution in [0.5, 0.6) is 0 Å². The van der Waals surface area contributed by atoms with Crippen molar-refractivity contribution in [1.82, 2.24) is 0 Å². The lowest BCUT2D eigenvalue weighted by atomic mass is 10.1. The summed E-state index contributed by atoms with van der Waals surface area (Å²) in [6, 6.07) is 14.8. The van der Waals surface area contributed by atoms with Crippen LogP contribution in [0.2, 0.25) is 0 Å². The van der Waals surface area contributed by atoms with Gasteiger partial charge < -0.3 is 4.42 Å². The normalized spacial score (nSPS) is 10.7. The van der Waals surface area contributed by atoms with E-state index in [2.05, 4.69) is 56.3 Å². The van der Waals surface area contributed by atoms with E-state index < -0.39 is 0 Å². The summed E-state index contributed by atoms with van der Waals surface area (Å²) in [6.45, 7) is 8.31. The van der Waals surface area contributed by atoms with Crippen molar-refractivity contribution in [3.8, 4) is 0 Å². The predicted octanol–water partition coefficient (Wildman–Crippen LogP) is 5.74. The molecule has 0 aliphatic heterocycles. The summed E-state index contributed by atoms with van der Waals surface area (Å²) in [5.74, 6) is 1.50. The number of furan rings is 1. The third-order valence-corrected chi connectivity index (χ3v) is 3.01. The molecule has 0 spiro atoms. The SMILES string of the molecule is CC.CC(C)c1cc2c(ccc3ccccc32)o1. The molecule has 0 aliphatic rings. The van der Waals surface area contributed by atoms with Gasteiger partial charge in [-0.25, -0.2) is 0 Å². The van der Waals surface area contributed by atoms with Crippen LogP contribution in [0.4, 0.5) is 0 Å². The van der Waals surface area contributed by atoms with E-state index in [4.69, 9.17) is 4.42 Å². The largest absolute Gasteiger partial charge is 0.461 e. The highest BCUT2D eigenvalue weighted by Crippen LogP contribution is 2.30. The minimum atomic E-state index is 0.436. The first-order valence-corrected chi connectivity index (χ1v) is 6.67. The lowest BCUT2D eigenvalue weighted by molar-refractivity contribution is 0.522. The monoisotopic (exact) mass is 240 g/mol. The van der Waals surface area contributed by atoms with Crippen LogP contribution in [0.15, 0.2) is 46.9 Å². The van der Waals surface area contributed by atoms with Gasteiger partial charge in [-0.15, -0.1) is 0 Å². The standard InChI is InChI=1S/C15H14O.C2H6/c1-10(2)15-9-13-12-6-4-3-5-11(12)7-8-14(13)16-15;1-2/h3-10H,1-2H3;1-2H3. The molecule has 0 unspecified atom stereocenters. The van der Waals surface area contributed by atoms with Crippen LogP contribution in [0, 0.1) is 0 Å². The molecule has 18 heavy (non-hydrogen) atoms. The zero-order valence-electron chi connectivity index (χ0n) is 11.5. The fourth-order valence-corrected chi connectivity index (χ4v) is 2.10. The summed E-state index contributed by atoms with van der Waals surface area (Å²) >= 11 is 0. The van der Waals surface area contributed by atoms with E-state index in [9.17, 15) is 0 Å². The molecule has 0 aliphatic carbocycles. The molecule has 0 amide bonds. The molecular weight excluding hydrogens is 220 g/mol. The molecule has 3 aromatic rings. The zero-order valence-corrected chi connectivity index (χ0v) is 11.5. The van der Waals surface area contributed by atoms with Gasteiger partial charge in [0.25, 0.3) is 0 Å². The van der Waals surface area contributed by atoms with Crippen LogP contribution in [0.25, 0.3) is 21.7 Å². The van der Waals surface area contributed by atoms with Gasteiger partial charge in [-0.2, -0.15) is 0 Å². The van der Waals surface area contributed by atoms with Gasteiger partial charge in [0.05, 0.1) is 0 Å². The maximum Gasteiger partial charge on any atom is 0.134 e. The highest BCUT2D eigenvalue weighted by atomic mass is 16.3. The summed E-state index contributed by atoms with van der Waals surface area (Å²) in [6.07, 6.45) is 0. The Hall–Kier alpha value is -1.76. The predicted molar refractivity (Wildman–Crippen MR) is 79.2 cm³/mol. The molecule has 1 aromatic heterocycles. The van der Waals surface area contributed by atoms with E-state index in [0.29, 0.717) is 5.92 Å². The Kier molecular flexibility index (Phi) is 3.71. The van der Waals surface area contributed by atoms with Crippen LogP contribution in [0.3, 0.4) is 0 Å². The topological polar surface area (TPSA) is 13.1 Å². The van der Waals surface area contributed by atoms with E-state index in [0.717, 1.165) is 11.3 Å². The lowest BCUT2D eigenvalue weighted by Crippen LogP contribution is -1.79. The second kappa shape index (κ2) is 5.26. The van der Waals surface area contributed by atoms with Gasteiger partial charge in [0, 0.05) is 11.3 Å². The Morgan fingerprint density at radius 3 is 2.33 bits per heavy atom. The molecule has 0 radical (unpaired) electrons. The molecule has 1 nitrogen and oxygen atoms in total. The quantitative estimate of drug-likeness (QED) is 0.529. The first-order valence-electron chi connectivity index (χ1n) is 6.67. The van der Waals surface area contributed by atoms with Crippen molar-refractivity contribution in [2.24, 2.45) is 0 Å². The third kappa shape index (κ3) is 2.13. The van der Waals surface area contributed by atoms with E-state index in [1.165, 1.54) is 16.2 Å². The first kappa shape index (κ1) is 12.7. The van der Waals surface area contributed by atoms with Crippen molar-refractivity contribution in [2.75, 3.05) is 0 Å². The fourth-order valence-electron chi connectivity index (χ4n) is 2.10. The van der Waals surface area contributed by atoms with Crippen LogP contribution >= 0.6 is 0 Å². The molecule has 0 N–H and O–H groups in total. The van der Waals surface area contributed by atoms with Crippen molar-refractivity contribution in [1.29, 1.82) is 0 Å². The van der Waals surface area contributed by atoms with E-state index in [1.54, 1.807) is 0 Å². The van der Waals surface area contributed by atoms with E-state index in [-0.39, 0.29) is 0 Å². The van der Waals surface area contributed by atoms with Crippen molar-refractivity contribution >= 4 is 21.7 Å². The maximum absolute atomic E-state index is 5.84. The lowest BCUT2D eigenvalue weighted by Gasteiger charge is -1.96. The molecule has 1 heteroatoms. The molecule has 3 rings (SSSR count). The average Bonchev–Trinajstić information content (AvgIpc) is 2.85. The van der Waals surface area contributed by atoms with E-state index >= 15 is 0 Å². The number of rotatable bonds is 1. The van der Waals surface area contributed by atoms with Crippen LogP contribution in [-0.2, 0) is 0 Å².